The number of imidazole rings is 1. The van der Waals surface area contributed by atoms with E-state index in [2.05, 4.69) is 11.5 Å². The lowest BCUT2D eigenvalue weighted by Crippen LogP contribution is -2.42. The lowest BCUT2D eigenvalue weighted by Gasteiger charge is -2.35. The van der Waals surface area contributed by atoms with Gasteiger partial charge in [0.1, 0.15) is 0 Å². The van der Waals surface area contributed by atoms with Crippen LogP contribution in [-0.4, -0.2) is 46.1 Å². The van der Waals surface area contributed by atoms with Crippen molar-refractivity contribution >= 4 is 39.9 Å². The van der Waals surface area contributed by atoms with E-state index in [1.165, 1.54) is 0 Å². The molecule has 6 nitrogen and oxygen atoms in total. The Hall–Kier alpha value is -2.83. The maximum absolute atomic E-state index is 13.0. The van der Waals surface area contributed by atoms with Gasteiger partial charge in [0.2, 0.25) is 5.91 Å². The predicted molar refractivity (Wildman–Crippen MR) is 140 cm³/mol. The summed E-state index contributed by atoms with van der Waals surface area (Å²) in [4.78, 5) is 30.0. The van der Waals surface area contributed by atoms with Crippen molar-refractivity contribution < 1.29 is 4.79 Å². The fourth-order valence-electron chi connectivity index (χ4n) is 4.87. The summed E-state index contributed by atoms with van der Waals surface area (Å²) in [7, 11) is 0. The Morgan fingerprint density at radius 2 is 1.79 bits per heavy atom. The highest BCUT2D eigenvalue weighted by molar-refractivity contribution is 6.30. The third-order valence-electron chi connectivity index (χ3n) is 6.73. The molecular weight excluding hydrogens is 448 g/mol. The molecule has 2 aromatic carbocycles. The number of para-hydroxylation sites is 2. The smallest absolute Gasteiger partial charge is 0.312 e. The zero-order valence-electron chi connectivity index (χ0n) is 20.0. The fourth-order valence-corrected chi connectivity index (χ4v) is 5.06. The number of likely N-dealkylation sites (tertiary alicyclic amines) is 1. The molecule has 0 bridgehead atoms. The molecule has 7 heteroatoms. The molecule has 0 spiro atoms. The molecule has 2 heterocycles. The molecule has 0 N–H and O–H groups in total. The van der Waals surface area contributed by atoms with Gasteiger partial charge < -0.3 is 9.80 Å². The molecule has 0 unspecified atom stereocenters. The van der Waals surface area contributed by atoms with Crippen LogP contribution in [0.4, 0.5) is 5.69 Å². The number of nitrogens with zero attached hydrogens (tertiary/aromatic N) is 4. The number of carbonyl (C=O) groups excluding carboxylic acids is 1. The number of allylic oxidation sites excluding steroid dienone is 1. The van der Waals surface area contributed by atoms with Crippen molar-refractivity contribution in [2.45, 2.75) is 39.7 Å². The summed E-state index contributed by atoms with van der Waals surface area (Å²) in [5, 5.41) is 0.643. The molecule has 1 aliphatic rings. The van der Waals surface area contributed by atoms with E-state index in [1.54, 1.807) is 4.57 Å². The summed E-state index contributed by atoms with van der Waals surface area (Å²) in [6, 6.07) is 15.4. The van der Waals surface area contributed by atoms with Crippen molar-refractivity contribution in [2.24, 2.45) is 5.92 Å². The highest BCUT2D eigenvalue weighted by Crippen LogP contribution is 2.25. The van der Waals surface area contributed by atoms with Crippen molar-refractivity contribution in [1.82, 2.24) is 14.0 Å². The van der Waals surface area contributed by atoms with E-state index in [1.807, 2.05) is 71.8 Å². The second-order valence-corrected chi connectivity index (χ2v) is 9.55. The van der Waals surface area contributed by atoms with E-state index in [-0.39, 0.29) is 11.6 Å². The Bertz CT molecular complexity index is 1240. The van der Waals surface area contributed by atoms with Crippen LogP contribution < -0.4 is 10.6 Å². The molecule has 1 aliphatic heterocycles. The fraction of sp³-hybridized carbons (Fsp3) is 0.407. The van der Waals surface area contributed by atoms with E-state index >= 15 is 0 Å². The van der Waals surface area contributed by atoms with Gasteiger partial charge in [0, 0.05) is 42.5 Å². The summed E-state index contributed by atoms with van der Waals surface area (Å²) in [6.07, 6.45) is 2.52. The normalized spacial score (nSPS) is 15.0. The summed E-state index contributed by atoms with van der Waals surface area (Å²) >= 11 is 6.18. The van der Waals surface area contributed by atoms with Crippen molar-refractivity contribution in [1.29, 1.82) is 0 Å². The van der Waals surface area contributed by atoms with Crippen molar-refractivity contribution in [3.8, 4) is 0 Å². The summed E-state index contributed by atoms with van der Waals surface area (Å²) in [5.74, 6) is 0.566. The van der Waals surface area contributed by atoms with Gasteiger partial charge in [-0.25, -0.2) is 4.79 Å². The number of piperidine rings is 1. The Morgan fingerprint density at radius 3 is 2.44 bits per heavy atom. The minimum atomic E-state index is -0.0289. The minimum absolute atomic E-state index is 0.0289. The highest BCUT2D eigenvalue weighted by Gasteiger charge is 2.24. The Kier molecular flexibility index (Phi) is 7.59. The first-order valence-corrected chi connectivity index (χ1v) is 12.4. The second kappa shape index (κ2) is 10.6. The maximum Gasteiger partial charge on any atom is 0.333 e. The van der Waals surface area contributed by atoms with Crippen LogP contribution in [0.15, 0.2) is 59.9 Å². The number of hydrogen-bond acceptors (Lipinski definition) is 3. The molecule has 1 aromatic heterocycles. The molecule has 1 fully saturated rings. The highest BCUT2D eigenvalue weighted by atomic mass is 35.5. The number of amides is 1. The van der Waals surface area contributed by atoms with Crippen LogP contribution >= 0.6 is 11.6 Å². The summed E-state index contributed by atoms with van der Waals surface area (Å²) in [6.45, 7) is 11.8. The van der Waals surface area contributed by atoms with Crippen molar-refractivity contribution in [3.63, 3.8) is 0 Å². The van der Waals surface area contributed by atoms with Crippen LogP contribution in [0.5, 0.6) is 0 Å². The zero-order chi connectivity index (χ0) is 24.2. The minimum Gasteiger partial charge on any atom is -0.312 e. The third-order valence-corrected chi connectivity index (χ3v) is 6.96. The first-order valence-electron chi connectivity index (χ1n) is 12.0. The number of carbonyl (C=O) groups is 1. The second-order valence-electron chi connectivity index (χ2n) is 9.12. The Labute approximate surface area is 206 Å². The van der Waals surface area contributed by atoms with Crippen LogP contribution in [0, 0.1) is 5.92 Å². The Morgan fingerprint density at radius 1 is 1.09 bits per heavy atom. The molecular formula is C27H33ClN4O2. The quantitative estimate of drug-likeness (QED) is 0.450. The van der Waals surface area contributed by atoms with E-state index in [9.17, 15) is 9.59 Å². The summed E-state index contributed by atoms with van der Waals surface area (Å²) < 4.78 is 3.55. The lowest BCUT2D eigenvalue weighted by atomic mass is 9.95. The van der Waals surface area contributed by atoms with Crippen LogP contribution in [0.25, 0.3) is 16.7 Å². The standard InChI is InChI=1S/C27H33ClN4O2/c1-4-26(33)31(23-9-7-8-22(28)18-23)19-21-12-14-29(15-13-21)16-17-30-24-10-5-6-11-25(24)32(20(2)3)27(30)34/h5-11,18,21H,2,4,12-17,19H2,1,3H3. The van der Waals surface area contributed by atoms with Crippen LogP contribution in [0.2, 0.25) is 5.02 Å². The van der Waals surface area contributed by atoms with Gasteiger partial charge in [-0.3, -0.25) is 13.9 Å². The van der Waals surface area contributed by atoms with Gasteiger partial charge in [-0.15, -0.1) is 0 Å². The van der Waals surface area contributed by atoms with E-state index in [4.69, 9.17) is 11.6 Å². The van der Waals surface area contributed by atoms with Crippen LogP contribution in [0.1, 0.15) is 33.1 Å². The molecule has 0 saturated carbocycles. The zero-order valence-corrected chi connectivity index (χ0v) is 20.8. The van der Waals surface area contributed by atoms with E-state index in [0.29, 0.717) is 30.5 Å². The van der Waals surface area contributed by atoms with Gasteiger partial charge in [0.15, 0.2) is 0 Å². The van der Waals surface area contributed by atoms with Crippen molar-refractivity contribution in [2.75, 3.05) is 31.1 Å². The first-order chi connectivity index (χ1) is 16.4. The number of fused-ring (bicyclic) bond motifs is 1. The number of benzene rings is 2. The van der Waals surface area contributed by atoms with E-state index < -0.39 is 0 Å². The molecule has 1 amide bonds. The number of hydrogen-bond donors (Lipinski definition) is 0. The average Bonchev–Trinajstić information content (AvgIpc) is 3.12. The molecule has 0 atom stereocenters. The maximum atomic E-state index is 13.0. The molecule has 180 valence electrons. The molecule has 34 heavy (non-hydrogen) atoms. The predicted octanol–water partition coefficient (Wildman–Crippen LogP) is 5.10. The van der Waals surface area contributed by atoms with Gasteiger partial charge in [0.05, 0.1) is 11.0 Å². The molecule has 0 aliphatic carbocycles. The average molecular weight is 481 g/mol. The largest absolute Gasteiger partial charge is 0.333 e. The number of aromatic nitrogens is 2. The Balaban J connectivity index is 1.38. The molecule has 4 rings (SSSR count). The van der Waals surface area contributed by atoms with Gasteiger partial charge in [0.25, 0.3) is 0 Å². The van der Waals surface area contributed by atoms with E-state index in [0.717, 1.165) is 54.9 Å². The molecule has 3 aromatic rings. The van der Waals surface area contributed by atoms with Crippen LogP contribution in [-0.2, 0) is 11.3 Å². The monoisotopic (exact) mass is 480 g/mol. The first kappa shape index (κ1) is 24.3. The van der Waals surface area contributed by atoms with Gasteiger partial charge in [-0.05, 0) is 69.1 Å². The van der Waals surface area contributed by atoms with Gasteiger partial charge >= 0.3 is 5.69 Å². The number of halogens is 1. The topological polar surface area (TPSA) is 50.5 Å². The SMILES string of the molecule is C=C(C)n1c(=O)n(CCN2CCC(CN(C(=O)CC)c3cccc(Cl)c3)CC2)c2ccccc21. The number of anilines is 1. The van der Waals surface area contributed by atoms with Crippen molar-refractivity contribution in [3.05, 3.63) is 70.6 Å². The molecule has 0 radical (unpaired) electrons. The number of rotatable bonds is 8. The van der Waals surface area contributed by atoms with Gasteiger partial charge in [-0.1, -0.05) is 43.3 Å². The van der Waals surface area contributed by atoms with Gasteiger partial charge in [-0.2, -0.15) is 0 Å². The molecule has 1 saturated heterocycles. The third kappa shape index (κ3) is 5.13. The summed E-state index contributed by atoms with van der Waals surface area (Å²) in [5.41, 5.74) is 3.42. The van der Waals surface area contributed by atoms with Crippen LogP contribution in [0.3, 0.4) is 0 Å². The lowest BCUT2D eigenvalue weighted by molar-refractivity contribution is -0.118.